The van der Waals surface area contributed by atoms with Gasteiger partial charge in [-0.3, -0.25) is 13.9 Å². The first kappa shape index (κ1) is 33.7. The summed E-state index contributed by atoms with van der Waals surface area (Å²) in [6.45, 7) is 5.79. The number of hydrogen-bond acceptors (Lipinski definition) is 4. The van der Waals surface area contributed by atoms with E-state index < -0.39 is 28.5 Å². The number of benzene rings is 4. The number of rotatable bonds is 14. The summed E-state index contributed by atoms with van der Waals surface area (Å²) in [5.41, 5.74) is 3.54. The minimum atomic E-state index is -4.20. The van der Waals surface area contributed by atoms with Gasteiger partial charge >= 0.3 is 0 Å². The maximum absolute atomic E-state index is 14.6. The zero-order chi connectivity index (χ0) is 32.4. The Kier molecular flexibility index (Phi) is 11.8. The Labute approximate surface area is 271 Å². The van der Waals surface area contributed by atoms with Crippen molar-refractivity contribution in [1.82, 2.24) is 10.2 Å². The van der Waals surface area contributed by atoms with Gasteiger partial charge in [-0.15, -0.1) is 0 Å². The molecule has 4 aromatic rings. The van der Waals surface area contributed by atoms with Crippen LogP contribution in [-0.4, -0.2) is 44.3 Å². The first-order valence-electron chi connectivity index (χ1n) is 15.1. The van der Waals surface area contributed by atoms with E-state index in [0.717, 1.165) is 33.8 Å². The molecule has 236 valence electrons. The van der Waals surface area contributed by atoms with Crippen LogP contribution >= 0.6 is 11.6 Å². The third-order valence-electron chi connectivity index (χ3n) is 7.65. The third kappa shape index (κ3) is 8.74. The zero-order valence-electron chi connectivity index (χ0n) is 25.9. The predicted octanol–water partition coefficient (Wildman–Crippen LogP) is 6.71. The summed E-state index contributed by atoms with van der Waals surface area (Å²) in [5.74, 6) is -0.799. The van der Waals surface area contributed by atoms with Gasteiger partial charge in [0.05, 0.1) is 10.6 Å². The molecule has 1 atom stereocenters. The lowest BCUT2D eigenvalue weighted by molar-refractivity contribution is -0.140. The van der Waals surface area contributed by atoms with E-state index in [1.807, 2.05) is 68.4 Å². The molecule has 0 bridgehead atoms. The molecule has 1 N–H and O–H groups in total. The number of halogens is 1. The lowest BCUT2D eigenvalue weighted by Gasteiger charge is -2.34. The van der Waals surface area contributed by atoms with E-state index in [1.165, 1.54) is 17.0 Å². The van der Waals surface area contributed by atoms with Crippen LogP contribution in [0, 0.1) is 13.8 Å². The summed E-state index contributed by atoms with van der Waals surface area (Å²) < 4.78 is 29.4. The number of anilines is 1. The van der Waals surface area contributed by atoms with Crippen LogP contribution in [0.3, 0.4) is 0 Å². The summed E-state index contributed by atoms with van der Waals surface area (Å²) in [7, 11) is -4.20. The summed E-state index contributed by atoms with van der Waals surface area (Å²) in [6.07, 6.45) is 1.96. The Hall–Kier alpha value is -4.14. The van der Waals surface area contributed by atoms with E-state index in [-0.39, 0.29) is 23.8 Å². The second-order valence-electron chi connectivity index (χ2n) is 11.1. The summed E-state index contributed by atoms with van der Waals surface area (Å²) in [5, 5.41) is 3.39. The van der Waals surface area contributed by atoms with Crippen molar-refractivity contribution in [2.24, 2.45) is 0 Å². The number of hydrogen-bond donors (Lipinski definition) is 1. The molecule has 0 saturated carbocycles. The number of nitrogens with zero attached hydrogens (tertiary/aromatic N) is 2. The molecule has 4 rings (SSSR count). The normalized spacial score (nSPS) is 11.9. The second-order valence-corrected chi connectivity index (χ2v) is 13.3. The smallest absolute Gasteiger partial charge is 0.264 e. The molecule has 0 aromatic heterocycles. The van der Waals surface area contributed by atoms with Crippen LogP contribution in [0.25, 0.3) is 0 Å². The highest BCUT2D eigenvalue weighted by Gasteiger charge is 2.35. The summed E-state index contributed by atoms with van der Waals surface area (Å²) in [4.78, 5) is 30.0. The highest BCUT2D eigenvalue weighted by atomic mass is 35.5. The number of sulfonamides is 1. The molecular formula is C36H40ClN3O4S. The van der Waals surface area contributed by atoms with Crippen LogP contribution < -0.4 is 9.62 Å². The first-order chi connectivity index (χ1) is 21.6. The van der Waals surface area contributed by atoms with Crippen LogP contribution in [-0.2, 0) is 32.6 Å². The molecule has 0 heterocycles. The van der Waals surface area contributed by atoms with Gasteiger partial charge in [-0.1, -0.05) is 109 Å². The highest BCUT2D eigenvalue weighted by molar-refractivity contribution is 7.92. The van der Waals surface area contributed by atoms with Crippen LogP contribution in [0.1, 0.15) is 42.0 Å². The van der Waals surface area contributed by atoms with Gasteiger partial charge in [-0.25, -0.2) is 8.42 Å². The SMILES string of the molecule is CCCCNC(=O)[C@H](Cc1ccccc1)N(Cc1cccc(C)c1)C(=O)CN(c1cccc(Cl)c1C)S(=O)(=O)c1ccccc1. The Balaban J connectivity index is 1.81. The fourth-order valence-electron chi connectivity index (χ4n) is 5.17. The van der Waals surface area contributed by atoms with Crippen molar-refractivity contribution < 1.29 is 18.0 Å². The van der Waals surface area contributed by atoms with Crippen molar-refractivity contribution in [3.8, 4) is 0 Å². The number of nitrogens with one attached hydrogen (secondary N) is 1. The largest absolute Gasteiger partial charge is 0.354 e. The summed E-state index contributed by atoms with van der Waals surface area (Å²) in [6, 6.07) is 29.3. The molecule has 7 nitrogen and oxygen atoms in total. The van der Waals surface area contributed by atoms with Crippen LogP contribution in [0.15, 0.2) is 108 Å². The van der Waals surface area contributed by atoms with Crippen molar-refractivity contribution in [3.05, 3.63) is 130 Å². The predicted molar refractivity (Wildman–Crippen MR) is 181 cm³/mol. The van der Waals surface area contributed by atoms with Gasteiger partial charge in [-0.05, 0) is 61.2 Å². The summed E-state index contributed by atoms with van der Waals surface area (Å²) >= 11 is 6.45. The molecule has 9 heteroatoms. The molecule has 0 saturated heterocycles. The van der Waals surface area contributed by atoms with Gasteiger partial charge in [-0.2, -0.15) is 0 Å². The standard InChI is InChI=1S/C36H40ClN3O4S/c1-4-5-22-38-36(42)34(24-29-15-8-6-9-16-29)39(25-30-17-12-14-27(2)23-30)35(41)26-40(33-21-13-20-32(37)28(33)3)45(43,44)31-18-10-7-11-19-31/h6-21,23,34H,4-5,22,24-26H2,1-3H3,(H,38,42)/t34-/m0/s1. The van der Waals surface area contributed by atoms with Gasteiger partial charge in [0.2, 0.25) is 11.8 Å². The van der Waals surface area contributed by atoms with Crippen molar-refractivity contribution in [1.29, 1.82) is 0 Å². The lowest BCUT2D eigenvalue weighted by atomic mass is 10.0. The maximum Gasteiger partial charge on any atom is 0.264 e. The highest BCUT2D eigenvalue weighted by Crippen LogP contribution is 2.31. The van der Waals surface area contributed by atoms with E-state index in [9.17, 15) is 18.0 Å². The van der Waals surface area contributed by atoms with Gasteiger partial charge in [0.1, 0.15) is 12.6 Å². The van der Waals surface area contributed by atoms with Crippen molar-refractivity contribution in [3.63, 3.8) is 0 Å². The van der Waals surface area contributed by atoms with Crippen LogP contribution in [0.2, 0.25) is 5.02 Å². The van der Waals surface area contributed by atoms with E-state index in [1.54, 1.807) is 43.3 Å². The van der Waals surface area contributed by atoms with Gasteiger partial charge < -0.3 is 10.2 Å². The minimum Gasteiger partial charge on any atom is -0.354 e. The lowest BCUT2D eigenvalue weighted by Crippen LogP contribution is -2.53. The number of carbonyl (C=O) groups excluding carboxylic acids is 2. The van der Waals surface area contributed by atoms with E-state index in [2.05, 4.69) is 5.32 Å². The van der Waals surface area contributed by atoms with E-state index in [4.69, 9.17) is 11.6 Å². The van der Waals surface area contributed by atoms with Crippen LogP contribution in [0.5, 0.6) is 0 Å². The minimum absolute atomic E-state index is 0.0422. The molecule has 2 amide bonds. The molecule has 0 fully saturated rings. The second kappa shape index (κ2) is 15.7. The molecule has 0 aliphatic rings. The Morgan fingerprint density at radius 2 is 1.49 bits per heavy atom. The zero-order valence-corrected chi connectivity index (χ0v) is 27.5. The topological polar surface area (TPSA) is 86.8 Å². The fraction of sp³-hybridized carbons (Fsp3) is 0.278. The molecule has 0 aliphatic carbocycles. The van der Waals surface area contributed by atoms with Crippen molar-refractivity contribution in [2.45, 2.75) is 57.5 Å². The molecular weight excluding hydrogens is 606 g/mol. The third-order valence-corrected chi connectivity index (χ3v) is 9.84. The van der Waals surface area contributed by atoms with Gasteiger partial charge in [0, 0.05) is 24.5 Å². The van der Waals surface area contributed by atoms with Crippen molar-refractivity contribution in [2.75, 3.05) is 17.4 Å². The monoisotopic (exact) mass is 645 g/mol. The average molecular weight is 646 g/mol. The number of carbonyl (C=O) groups is 2. The number of unbranched alkanes of at least 4 members (excludes halogenated alkanes) is 1. The van der Waals surface area contributed by atoms with Gasteiger partial charge in [0.25, 0.3) is 10.0 Å². The first-order valence-corrected chi connectivity index (χ1v) is 16.9. The molecule has 4 aromatic carbocycles. The van der Waals surface area contributed by atoms with Crippen molar-refractivity contribution >= 4 is 39.1 Å². The molecule has 0 radical (unpaired) electrons. The fourth-order valence-corrected chi connectivity index (χ4v) is 6.83. The molecule has 0 spiro atoms. The molecule has 45 heavy (non-hydrogen) atoms. The van der Waals surface area contributed by atoms with Gasteiger partial charge in [0.15, 0.2) is 0 Å². The van der Waals surface area contributed by atoms with E-state index >= 15 is 0 Å². The van der Waals surface area contributed by atoms with E-state index in [0.29, 0.717) is 22.8 Å². The Bertz CT molecular complexity index is 1700. The Morgan fingerprint density at radius 1 is 0.844 bits per heavy atom. The molecule has 0 unspecified atom stereocenters. The van der Waals surface area contributed by atoms with Crippen LogP contribution in [0.4, 0.5) is 5.69 Å². The molecule has 0 aliphatic heterocycles. The quantitative estimate of drug-likeness (QED) is 0.155. The average Bonchev–Trinajstić information content (AvgIpc) is 3.04. The Morgan fingerprint density at radius 3 is 2.16 bits per heavy atom. The number of amides is 2. The maximum atomic E-state index is 14.6. The number of aryl methyl sites for hydroxylation is 1.